The summed E-state index contributed by atoms with van der Waals surface area (Å²) < 4.78 is 219. The van der Waals surface area contributed by atoms with Crippen molar-refractivity contribution in [2.45, 2.75) is 6.92 Å². The Morgan fingerprint density at radius 2 is 0.626 bits per heavy atom. The second-order valence-electron chi connectivity index (χ2n) is 17.9. The molecule has 1 saturated carbocycles. The fraction of sp³-hybridized carbons (Fsp3) is 0.0164. The lowest BCUT2D eigenvalue weighted by atomic mass is 9.96. The molecule has 0 radical (unpaired) electrons. The molecule has 38 heteroatoms. The number of nitrogens with zero attached hydrogens (tertiary/aromatic N) is 22. The maximum atomic E-state index is 15.4. The maximum Gasteiger partial charge on any atom is 0.307 e. The van der Waals surface area contributed by atoms with Gasteiger partial charge in [0.25, 0.3) is 5.69 Å². The largest absolute Gasteiger partial charge is 0.577 e. The summed E-state index contributed by atoms with van der Waals surface area (Å²) in [6, 6.07) is 15.5. The lowest BCUT2D eigenvalue weighted by molar-refractivity contribution is 0.434. The van der Waals surface area contributed by atoms with Crippen LogP contribution in [-0.2, 0) is 0 Å². The highest BCUT2D eigenvalue weighted by Gasteiger charge is 2.46. The molecule has 0 N–H and O–H groups in total. The lowest BCUT2D eigenvalue weighted by Crippen LogP contribution is -2.31. The molecule has 0 spiro atoms. The third kappa shape index (κ3) is 11.6. The van der Waals surface area contributed by atoms with Crippen LogP contribution in [0.4, 0.5) is 83.2 Å². The zero-order valence-electron chi connectivity index (χ0n) is 47.1. The van der Waals surface area contributed by atoms with Crippen LogP contribution in [0, 0.1) is 256 Å². The van der Waals surface area contributed by atoms with Gasteiger partial charge < -0.3 is 19.6 Å². The Labute approximate surface area is 541 Å². The van der Waals surface area contributed by atoms with Gasteiger partial charge in [-0.1, -0.05) is 13.1 Å². The van der Waals surface area contributed by atoms with Gasteiger partial charge in [-0.2, -0.15) is 63.1 Å². The van der Waals surface area contributed by atoms with Crippen molar-refractivity contribution in [2.75, 3.05) is 0 Å². The number of benzene rings is 5. The fourth-order valence-electron chi connectivity index (χ4n) is 8.73. The molecule has 3 aromatic heterocycles. The van der Waals surface area contributed by atoms with Gasteiger partial charge in [0.1, 0.15) is 117 Å². The third-order valence-corrected chi connectivity index (χ3v) is 13.1. The Balaban J connectivity index is 0.000000257. The molecular weight excluding hydrogens is 1360 g/mol. The van der Waals surface area contributed by atoms with Gasteiger partial charge in [-0.05, 0) is 23.6 Å². The molecule has 1 aliphatic rings. The fourth-order valence-corrected chi connectivity index (χ4v) is 8.73. The van der Waals surface area contributed by atoms with E-state index in [-0.39, 0.29) is 77.4 Å². The second kappa shape index (κ2) is 28.4. The molecular formula is C61H5F15N22P-. The minimum absolute atomic E-state index is 0. The number of fused-ring (bicyclic) bond motifs is 6. The summed E-state index contributed by atoms with van der Waals surface area (Å²) in [6.45, 7) is 29.4. The summed E-state index contributed by atoms with van der Waals surface area (Å²) in [6.07, 6.45) is 0. The van der Waals surface area contributed by atoms with Crippen LogP contribution in [0.25, 0.3) is 80.5 Å². The van der Waals surface area contributed by atoms with Crippen LogP contribution in [0.2, 0.25) is 0 Å². The van der Waals surface area contributed by atoms with Crippen molar-refractivity contribution < 1.29 is 65.9 Å². The van der Waals surface area contributed by atoms with Gasteiger partial charge in [0.2, 0.25) is 16.7 Å². The zero-order chi connectivity index (χ0) is 73.0. The van der Waals surface area contributed by atoms with Crippen molar-refractivity contribution in [3.05, 3.63) is 216 Å². The molecule has 0 saturated heterocycles. The highest BCUT2D eigenvalue weighted by Crippen LogP contribution is 2.58. The van der Waals surface area contributed by atoms with E-state index >= 15 is 26.3 Å². The van der Waals surface area contributed by atoms with E-state index in [1.807, 2.05) is 0 Å². The zero-order valence-corrected chi connectivity index (χ0v) is 48.2. The topological polar surface area (TPSA) is 380 Å². The average molecular weight is 1360 g/mol. The van der Waals surface area contributed by atoms with Gasteiger partial charge in [0, 0.05) is 5.56 Å². The van der Waals surface area contributed by atoms with Crippen molar-refractivity contribution >= 4 is 88.3 Å². The van der Waals surface area contributed by atoms with E-state index in [0.29, 0.717) is 0 Å². The number of rotatable bonds is 3. The predicted octanol–water partition coefficient (Wildman–Crippen LogP) is 11.5. The number of nitriles is 12. The summed E-state index contributed by atoms with van der Waals surface area (Å²) in [5.41, 5.74) is -23.8. The lowest BCUT2D eigenvalue weighted by Gasteiger charge is -2.09. The van der Waals surface area contributed by atoms with Crippen LogP contribution in [0.15, 0.2) is 16.7 Å². The van der Waals surface area contributed by atoms with E-state index < -0.39 is 181 Å². The van der Waals surface area contributed by atoms with Gasteiger partial charge in [-0.25, -0.2) is 95.5 Å². The van der Waals surface area contributed by atoms with Crippen LogP contribution in [0.3, 0.4) is 0 Å². The Bertz CT molecular complexity index is 5320. The minimum atomic E-state index is -2.46. The monoisotopic (exact) mass is 1360 g/mol. The third-order valence-electron chi connectivity index (χ3n) is 13.1. The Hall–Kier alpha value is -15.7. The second-order valence-corrected chi connectivity index (χ2v) is 17.9. The number of aromatic nitrogens is 6. The summed E-state index contributed by atoms with van der Waals surface area (Å²) in [7, 11) is 0. The molecule has 3 heterocycles. The van der Waals surface area contributed by atoms with Crippen LogP contribution < -0.4 is 10.4 Å². The van der Waals surface area contributed by atoms with E-state index in [4.69, 9.17) is 57.9 Å². The molecule has 0 aliphatic heterocycles. The molecule has 5 aromatic carbocycles. The Morgan fingerprint density at radius 3 is 0.919 bits per heavy atom. The molecule has 470 valence electrons. The summed E-state index contributed by atoms with van der Waals surface area (Å²) in [4.78, 5) is 36.1. The molecule has 0 unspecified atom stereocenters. The summed E-state index contributed by atoms with van der Waals surface area (Å²) in [5, 5.41) is 106. The standard InChI is InChI=1S/C31H3F11N6.C18N12.C12F4N4.H2P/c1-8-9(4-43)20(33)23(36)15(19(8)32)10(5-44)13-14(11(6-45)16-24(37)28(41)31(48-3)29(42)25(16)38)17(13)30(47-2)18-26(39)21(34)12(7-46)22(35)27(18)40;1-23-17-9(5-21)27-13-11-12(26-8(4-20)7(3-19)25-11)14-16(15(13)29-17)30-18(24-2)10(6-22)28-14;13-9-7(5(1-17)2-18)10(14)12(16)8(11(9)15)6(3-19)4-20;/h1H3;;;1H2/q;;;-1. The molecule has 1 aliphatic carbocycles. The maximum absolute atomic E-state index is 15.4. The first-order valence-electron chi connectivity index (χ1n) is 24.5. The predicted molar refractivity (Wildman–Crippen MR) is 299 cm³/mol. The van der Waals surface area contributed by atoms with Crippen LogP contribution in [0.5, 0.6) is 0 Å². The van der Waals surface area contributed by atoms with Gasteiger partial charge in [-0.15, -0.1) is 9.97 Å². The van der Waals surface area contributed by atoms with E-state index in [1.165, 1.54) is 0 Å². The highest BCUT2D eigenvalue weighted by atomic mass is 31.0. The van der Waals surface area contributed by atoms with E-state index in [9.17, 15) is 71.1 Å². The van der Waals surface area contributed by atoms with Crippen molar-refractivity contribution in [2.24, 2.45) is 0 Å². The molecule has 8 aromatic rings. The van der Waals surface area contributed by atoms with Gasteiger partial charge in [-0.3, -0.25) is 0 Å². The number of allylic oxidation sites excluding steroid dienone is 5. The first-order valence-corrected chi connectivity index (χ1v) is 24.5. The molecule has 0 bridgehead atoms. The first kappa shape index (κ1) is 72.4. The first-order chi connectivity index (χ1) is 46.6. The van der Waals surface area contributed by atoms with Crippen molar-refractivity contribution in [3.8, 4) is 72.8 Å². The van der Waals surface area contributed by atoms with Crippen molar-refractivity contribution in [3.63, 3.8) is 0 Å². The molecule has 22 nitrogen and oxygen atoms in total. The van der Waals surface area contributed by atoms with Crippen molar-refractivity contribution in [1.82, 2.24) is 29.9 Å². The normalized spacial score (nSPS) is 12.0. The summed E-state index contributed by atoms with van der Waals surface area (Å²) >= 11 is 0. The number of hydrogen-bond donors (Lipinski definition) is 0. The molecule has 0 amide bonds. The van der Waals surface area contributed by atoms with Gasteiger partial charge in [0.15, 0.2) is 104 Å². The molecule has 0 atom stereocenters. The number of hydrogen-bond acceptors (Lipinski definition) is 18. The van der Waals surface area contributed by atoms with Gasteiger partial charge in [0.05, 0.1) is 57.0 Å². The van der Waals surface area contributed by atoms with E-state index in [2.05, 4.69) is 49.3 Å². The molecule has 9 rings (SSSR count). The van der Waals surface area contributed by atoms with E-state index in [0.717, 1.165) is 55.5 Å². The smallest absolute Gasteiger partial charge is 0.307 e. The van der Waals surface area contributed by atoms with Crippen LogP contribution >= 0.6 is 9.90 Å². The minimum Gasteiger partial charge on any atom is -0.577 e. The quantitative estimate of drug-likeness (QED) is 0.0396. The van der Waals surface area contributed by atoms with Crippen LogP contribution in [-0.4, -0.2) is 29.9 Å². The van der Waals surface area contributed by atoms with Crippen LogP contribution in [0.1, 0.15) is 56.2 Å². The molecule has 1 fully saturated rings. The summed E-state index contributed by atoms with van der Waals surface area (Å²) in [5.74, 6) is -34.3. The SMILES string of the molecule is N#CC(C#N)=c1c(F)c(F)c(=C(C#N)C#N)c(F)c1F.[C-]#[N+]C(=C1C(=C(C#N)c2c(F)c(C)c(C#N)c(F)c2F)C1=C(C#N)c1c(F)c(F)c([N+]#[C-])c(F)c1F)c1c(F)c(F)c(C#N)c(F)c1F.[C-]#[N+]c1nc2c(nc1C#N)c1nc(C#N)c(C#N)nc1c1nc(C#N)c([N+]#[C-])nc12.[PH2-]. The average Bonchev–Trinajstić information content (AvgIpc) is 1.40. The highest BCUT2D eigenvalue weighted by molar-refractivity contribution is 6.92. The Kier molecular flexibility index (Phi) is 20.8. The molecule has 99 heavy (non-hydrogen) atoms. The van der Waals surface area contributed by atoms with E-state index in [1.54, 1.807) is 24.3 Å². The Morgan fingerprint density at radius 1 is 0.323 bits per heavy atom. The van der Waals surface area contributed by atoms with Crippen molar-refractivity contribution in [1.29, 1.82) is 63.1 Å². The number of halogens is 15. The van der Waals surface area contributed by atoms with Gasteiger partial charge >= 0.3 is 11.6 Å².